The number of ketones is 1. The zero-order valence-electron chi connectivity index (χ0n) is 18.7. The van der Waals surface area contributed by atoms with Crippen molar-refractivity contribution in [3.05, 3.63) is 59.2 Å². The van der Waals surface area contributed by atoms with Crippen LogP contribution in [0.1, 0.15) is 34.8 Å². The molecule has 168 valence electrons. The fraction of sp³-hybridized carbons (Fsp3) is 0.333. The highest BCUT2D eigenvalue weighted by Crippen LogP contribution is 2.32. The van der Waals surface area contributed by atoms with Gasteiger partial charge in [-0.05, 0) is 56.7 Å². The van der Waals surface area contributed by atoms with Gasteiger partial charge in [-0.2, -0.15) is 0 Å². The number of benzene rings is 2. The van der Waals surface area contributed by atoms with Crippen LogP contribution in [0.4, 0.5) is 11.4 Å². The van der Waals surface area contributed by atoms with Crippen LogP contribution in [0, 0.1) is 13.8 Å². The number of carbonyl (C=O) groups is 3. The van der Waals surface area contributed by atoms with Gasteiger partial charge in [-0.15, -0.1) is 0 Å². The zero-order valence-corrected chi connectivity index (χ0v) is 19.5. The number of rotatable bonds is 8. The number of hydrogen-bond donors (Lipinski definition) is 1. The van der Waals surface area contributed by atoms with E-state index in [-0.39, 0.29) is 24.0 Å². The van der Waals surface area contributed by atoms with E-state index in [9.17, 15) is 14.4 Å². The molecular formula is C24H27N3O4S. The summed E-state index contributed by atoms with van der Waals surface area (Å²) in [6.45, 7) is 6.24. The van der Waals surface area contributed by atoms with Gasteiger partial charge in [-0.3, -0.25) is 19.3 Å². The van der Waals surface area contributed by atoms with Crippen LogP contribution < -0.4 is 5.32 Å². The lowest BCUT2D eigenvalue weighted by Gasteiger charge is -2.16. The van der Waals surface area contributed by atoms with Gasteiger partial charge < -0.3 is 10.1 Å². The highest BCUT2D eigenvalue weighted by atomic mass is 32.2. The number of ether oxygens (including phenoxy) is 1. The summed E-state index contributed by atoms with van der Waals surface area (Å²) in [4.78, 5) is 43.3. The minimum atomic E-state index is -0.562. The first kappa shape index (κ1) is 23.7. The Morgan fingerprint density at radius 3 is 2.50 bits per heavy atom. The van der Waals surface area contributed by atoms with E-state index in [1.165, 1.54) is 18.7 Å². The van der Waals surface area contributed by atoms with Gasteiger partial charge in [0.05, 0.1) is 18.8 Å². The van der Waals surface area contributed by atoms with E-state index in [1.807, 2.05) is 32.0 Å². The third kappa shape index (κ3) is 5.83. The van der Waals surface area contributed by atoms with Crippen LogP contribution in [-0.4, -0.2) is 53.2 Å². The minimum Gasteiger partial charge on any atom is -0.383 e. The van der Waals surface area contributed by atoms with Crippen molar-refractivity contribution in [2.45, 2.75) is 32.4 Å². The van der Waals surface area contributed by atoms with Gasteiger partial charge in [0.15, 0.2) is 11.0 Å². The van der Waals surface area contributed by atoms with Crippen molar-refractivity contribution >= 4 is 45.9 Å². The minimum absolute atomic E-state index is 0.0212. The second-order valence-electron chi connectivity index (χ2n) is 7.66. The number of thioether (sulfide) groups is 1. The fourth-order valence-electron chi connectivity index (χ4n) is 3.32. The quantitative estimate of drug-likeness (QED) is 0.608. The lowest BCUT2D eigenvalue weighted by Crippen LogP contribution is -2.35. The third-order valence-corrected chi connectivity index (χ3v) is 6.23. The molecule has 0 spiro atoms. The number of amides is 2. The van der Waals surface area contributed by atoms with E-state index in [2.05, 4.69) is 5.32 Å². The van der Waals surface area contributed by atoms with Gasteiger partial charge in [0.25, 0.3) is 0 Å². The van der Waals surface area contributed by atoms with Gasteiger partial charge in [0.2, 0.25) is 11.8 Å². The number of methoxy groups -OCH3 is 1. The summed E-state index contributed by atoms with van der Waals surface area (Å²) in [6.07, 6.45) is 0.0212. The van der Waals surface area contributed by atoms with Crippen molar-refractivity contribution in [2.24, 2.45) is 4.99 Å². The summed E-state index contributed by atoms with van der Waals surface area (Å²) in [5, 5.41) is 2.80. The lowest BCUT2D eigenvalue weighted by atomic mass is 10.1. The molecule has 1 N–H and O–H groups in total. The molecule has 8 heteroatoms. The normalized spacial score (nSPS) is 17.1. The van der Waals surface area contributed by atoms with Crippen molar-refractivity contribution in [1.82, 2.24) is 4.90 Å². The average molecular weight is 454 g/mol. The number of anilines is 1. The molecule has 1 aliphatic heterocycles. The number of Topliss-reactive ketones (excluding diaryl/α,β-unsaturated/α-hetero) is 1. The Hall–Kier alpha value is -2.97. The Labute approximate surface area is 192 Å². The first-order chi connectivity index (χ1) is 15.3. The average Bonchev–Trinajstić information content (AvgIpc) is 3.03. The van der Waals surface area contributed by atoms with Crippen LogP contribution in [0.5, 0.6) is 0 Å². The molecule has 0 radical (unpaired) electrons. The number of amidine groups is 1. The molecule has 1 fully saturated rings. The van der Waals surface area contributed by atoms with E-state index in [1.54, 1.807) is 36.3 Å². The monoisotopic (exact) mass is 453 g/mol. The highest BCUT2D eigenvalue weighted by Gasteiger charge is 2.39. The summed E-state index contributed by atoms with van der Waals surface area (Å²) >= 11 is 1.30. The molecule has 2 aromatic rings. The van der Waals surface area contributed by atoms with Crippen molar-refractivity contribution in [2.75, 3.05) is 25.6 Å². The molecule has 2 amide bonds. The Morgan fingerprint density at radius 1 is 1.16 bits per heavy atom. The van der Waals surface area contributed by atoms with Crippen molar-refractivity contribution in [3.8, 4) is 0 Å². The second-order valence-corrected chi connectivity index (χ2v) is 8.83. The maximum Gasteiger partial charge on any atom is 0.242 e. The fourth-order valence-corrected chi connectivity index (χ4v) is 4.49. The predicted octanol–water partition coefficient (Wildman–Crippen LogP) is 4.11. The molecule has 1 heterocycles. The summed E-state index contributed by atoms with van der Waals surface area (Å²) in [5.74, 6) is -0.467. The molecule has 3 rings (SSSR count). The lowest BCUT2D eigenvalue weighted by molar-refractivity contribution is -0.128. The van der Waals surface area contributed by atoms with Crippen molar-refractivity contribution in [1.29, 1.82) is 0 Å². The van der Waals surface area contributed by atoms with Gasteiger partial charge in [-0.1, -0.05) is 29.5 Å². The van der Waals surface area contributed by atoms with E-state index in [0.717, 1.165) is 16.8 Å². The highest BCUT2D eigenvalue weighted by molar-refractivity contribution is 8.15. The van der Waals surface area contributed by atoms with Crippen LogP contribution in [0.15, 0.2) is 47.5 Å². The van der Waals surface area contributed by atoms with Crippen LogP contribution >= 0.6 is 11.8 Å². The molecule has 0 aliphatic carbocycles. The van der Waals surface area contributed by atoms with Crippen LogP contribution in [0.3, 0.4) is 0 Å². The number of aliphatic imine (C=N–C) groups is 1. The van der Waals surface area contributed by atoms with Crippen molar-refractivity contribution < 1.29 is 19.1 Å². The number of aryl methyl sites for hydroxylation is 2. The molecule has 0 aromatic heterocycles. The molecular weight excluding hydrogens is 426 g/mol. The van der Waals surface area contributed by atoms with Crippen LogP contribution in [0.25, 0.3) is 0 Å². The van der Waals surface area contributed by atoms with Crippen LogP contribution in [0.2, 0.25) is 0 Å². The Morgan fingerprint density at radius 2 is 1.88 bits per heavy atom. The van der Waals surface area contributed by atoms with Gasteiger partial charge in [0, 0.05) is 24.8 Å². The van der Waals surface area contributed by atoms with E-state index in [4.69, 9.17) is 9.73 Å². The first-order valence-corrected chi connectivity index (χ1v) is 11.2. The molecule has 0 bridgehead atoms. The Kier molecular flexibility index (Phi) is 7.82. The number of carbonyl (C=O) groups excluding carboxylic acids is 3. The molecule has 1 unspecified atom stereocenters. The molecule has 1 aliphatic rings. The summed E-state index contributed by atoms with van der Waals surface area (Å²) < 4.78 is 5.15. The molecule has 0 saturated carbocycles. The Balaban J connectivity index is 1.73. The summed E-state index contributed by atoms with van der Waals surface area (Å²) in [7, 11) is 1.58. The zero-order chi connectivity index (χ0) is 23.3. The molecule has 1 saturated heterocycles. The second kappa shape index (κ2) is 10.6. The van der Waals surface area contributed by atoms with Gasteiger partial charge in [-0.25, -0.2) is 4.99 Å². The molecule has 7 nitrogen and oxygen atoms in total. The molecule has 1 atom stereocenters. The van der Waals surface area contributed by atoms with Crippen LogP contribution in [-0.2, 0) is 14.3 Å². The maximum atomic E-state index is 13.0. The number of nitrogens with one attached hydrogen (secondary N) is 1. The smallest absolute Gasteiger partial charge is 0.242 e. The SMILES string of the molecule is COCCN1C(=O)C(CC(=O)Nc2ccc(C(C)=O)cc2)SC1=Nc1ccc(C)cc1C. The summed E-state index contributed by atoms with van der Waals surface area (Å²) in [6, 6.07) is 12.6. The predicted molar refractivity (Wildman–Crippen MR) is 128 cm³/mol. The third-order valence-electron chi connectivity index (χ3n) is 5.05. The Bertz CT molecular complexity index is 1050. The van der Waals surface area contributed by atoms with Gasteiger partial charge in [0.1, 0.15) is 5.25 Å². The standard InChI is InChI=1S/C24H27N3O4S/c1-15-5-10-20(16(2)13-15)26-24-27(11-12-31-4)23(30)21(32-24)14-22(29)25-19-8-6-18(7-9-19)17(3)28/h5-10,13,21H,11-12,14H2,1-4H3,(H,25,29). The first-order valence-electron chi connectivity index (χ1n) is 10.3. The van der Waals surface area contributed by atoms with E-state index < -0.39 is 5.25 Å². The topological polar surface area (TPSA) is 88.1 Å². The molecule has 32 heavy (non-hydrogen) atoms. The number of nitrogens with zero attached hydrogens (tertiary/aromatic N) is 2. The maximum absolute atomic E-state index is 13.0. The molecule has 2 aromatic carbocycles. The van der Waals surface area contributed by atoms with E-state index >= 15 is 0 Å². The number of hydrogen-bond acceptors (Lipinski definition) is 6. The van der Waals surface area contributed by atoms with Gasteiger partial charge >= 0.3 is 0 Å². The van der Waals surface area contributed by atoms with Crippen molar-refractivity contribution in [3.63, 3.8) is 0 Å². The largest absolute Gasteiger partial charge is 0.383 e. The summed E-state index contributed by atoms with van der Waals surface area (Å²) in [5.41, 5.74) is 4.11. The van der Waals surface area contributed by atoms with E-state index in [0.29, 0.717) is 29.6 Å².